The number of nitrogens with one attached hydrogen (secondary N) is 1. The van der Waals surface area contributed by atoms with Crippen LogP contribution < -0.4 is 10.1 Å². The third-order valence-electron chi connectivity index (χ3n) is 4.21. The second-order valence-electron chi connectivity index (χ2n) is 6.21. The molecule has 2 unspecified atom stereocenters. The molecule has 1 amide bonds. The van der Waals surface area contributed by atoms with Crippen molar-refractivity contribution in [3.05, 3.63) is 23.8 Å². The first kappa shape index (κ1) is 16.8. The number of hydrogen-bond donors (Lipinski definition) is 2. The van der Waals surface area contributed by atoms with Gasteiger partial charge in [0.25, 0.3) is 0 Å². The molecule has 1 saturated carbocycles. The van der Waals surface area contributed by atoms with Crippen LogP contribution in [-0.4, -0.2) is 49.3 Å². The van der Waals surface area contributed by atoms with Crippen LogP contribution in [0.3, 0.4) is 0 Å². The molecule has 1 aliphatic carbocycles. The van der Waals surface area contributed by atoms with Gasteiger partial charge in [0.15, 0.2) is 0 Å². The number of ether oxygens (including phenoxy) is 1. The smallest absolute Gasteiger partial charge is 0.238 e. The molecule has 2 atom stereocenters. The maximum Gasteiger partial charge on any atom is 0.238 e. The Labute approximate surface area is 132 Å². The molecular formula is C17H26N2O3. The molecule has 0 spiro atoms. The maximum atomic E-state index is 12.2. The molecule has 1 aromatic carbocycles. The zero-order chi connectivity index (χ0) is 16.1. The highest BCUT2D eigenvalue weighted by atomic mass is 16.5. The molecule has 0 aliphatic heterocycles. The van der Waals surface area contributed by atoms with Crippen LogP contribution in [0, 0.1) is 12.8 Å². The number of amides is 1. The van der Waals surface area contributed by atoms with Crippen LogP contribution in [0.1, 0.15) is 24.8 Å². The molecule has 0 saturated heterocycles. The van der Waals surface area contributed by atoms with E-state index in [-0.39, 0.29) is 17.9 Å². The van der Waals surface area contributed by atoms with Crippen LogP contribution in [0.4, 0.5) is 5.69 Å². The van der Waals surface area contributed by atoms with E-state index in [1.165, 1.54) is 0 Å². The number of rotatable bonds is 6. The Morgan fingerprint density at radius 2 is 2.23 bits per heavy atom. The Kier molecular flexibility index (Phi) is 5.80. The van der Waals surface area contributed by atoms with E-state index in [0.29, 0.717) is 18.0 Å². The standard InChI is InChI=1S/C17H26N2O3/c1-12-7-8-16(22-3)14(9-12)18-17(21)11-19(2)10-13-5-4-6-15(13)20/h7-9,13,15,20H,4-6,10-11H2,1-3H3,(H,18,21). The van der Waals surface area contributed by atoms with E-state index in [4.69, 9.17) is 4.74 Å². The lowest BCUT2D eigenvalue weighted by Crippen LogP contribution is -2.35. The Hall–Kier alpha value is -1.59. The van der Waals surface area contributed by atoms with Crippen molar-refractivity contribution in [2.24, 2.45) is 5.92 Å². The van der Waals surface area contributed by atoms with E-state index in [1.807, 2.05) is 37.1 Å². The number of carbonyl (C=O) groups excluding carboxylic acids is 1. The largest absolute Gasteiger partial charge is 0.495 e. The summed E-state index contributed by atoms with van der Waals surface area (Å²) < 4.78 is 5.27. The Morgan fingerprint density at radius 3 is 2.86 bits per heavy atom. The van der Waals surface area contributed by atoms with Crippen molar-refractivity contribution in [2.75, 3.05) is 32.6 Å². The molecule has 1 fully saturated rings. The van der Waals surface area contributed by atoms with Gasteiger partial charge >= 0.3 is 0 Å². The number of likely N-dealkylation sites (N-methyl/N-ethyl adjacent to an activating group) is 1. The fraction of sp³-hybridized carbons (Fsp3) is 0.588. The number of benzene rings is 1. The van der Waals surface area contributed by atoms with Crippen molar-refractivity contribution in [3.63, 3.8) is 0 Å². The van der Waals surface area contributed by atoms with E-state index >= 15 is 0 Å². The minimum atomic E-state index is -0.220. The normalized spacial score (nSPS) is 21.1. The highest BCUT2D eigenvalue weighted by Gasteiger charge is 2.26. The Morgan fingerprint density at radius 1 is 1.45 bits per heavy atom. The molecule has 0 aromatic heterocycles. The van der Waals surface area contributed by atoms with Gasteiger partial charge in [-0.25, -0.2) is 0 Å². The summed E-state index contributed by atoms with van der Waals surface area (Å²) >= 11 is 0. The highest BCUT2D eigenvalue weighted by Crippen LogP contribution is 2.27. The van der Waals surface area contributed by atoms with Crippen molar-refractivity contribution < 1.29 is 14.6 Å². The number of nitrogens with zero attached hydrogens (tertiary/aromatic N) is 1. The lowest BCUT2D eigenvalue weighted by Gasteiger charge is -2.22. The molecule has 2 N–H and O–H groups in total. The highest BCUT2D eigenvalue weighted by molar-refractivity contribution is 5.93. The maximum absolute atomic E-state index is 12.2. The lowest BCUT2D eigenvalue weighted by molar-refractivity contribution is -0.117. The van der Waals surface area contributed by atoms with Crippen molar-refractivity contribution in [1.82, 2.24) is 4.90 Å². The van der Waals surface area contributed by atoms with Gasteiger partial charge in [0, 0.05) is 6.54 Å². The Balaban J connectivity index is 1.88. The molecule has 5 nitrogen and oxygen atoms in total. The van der Waals surface area contributed by atoms with Gasteiger partial charge in [-0.1, -0.05) is 12.5 Å². The van der Waals surface area contributed by atoms with Gasteiger partial charge in [-0.05, 0) is 50.4 Å². The first-order valence-electron chi connectivity index (χ1n) is 7.80. The minimum Gasteiger partial charge on any atom is -0.495 e. The average Bonchev–Trinajstić information content (AvgIpc) is 2.84. The summed E-state index contributed by atoms with van der Waals surface area (Å²) in [6.45, 7) is 3.03. The molecule has 0 heterocycles. The van der Waals surface area contributed by atoms with Gasteiger partial charge in [-0.3, -0.25) is 9.69 Å². The number of aryl methyl sites for hydroxylation is 1. The first-order chi connectivity index (χ1) is 10.5. The number of anilines is 1. The summed E-state index contributed by atoms with van der Waals surface area (Å²) in [5.41, 5.74) is 1.76. The van der Waals surface area contributed by atoms with Crippen molar-refractivity contribution in [1.29, 1.82) is 0 Å². The van der Waals surface area contributed by atoms with E-state index in [9.17, 15) is 9.90 Å². The average molecular weight is 306 g/mol. The monoisotopic (exact) mass is 306 g/mol. The van der Waals surface area contributed by atoms with Gasteiger partial charge in [0.05, 0.1) is 25.4 Å². The fourth-order valence-electron chi connectivity index (χ4n) is 3.05. The third kappa shape index (κ3) is 4.45. The second-order valence-corrected chi connectivity index (χ2v) is 6.21. The summed E-state index contributed by atoms with van der Waals surface area (Å²) in [5, 5.41) is 12.8. The number of aliphatic hydroxyl groups is 1. The van der Waals surface area contributed by atoms with Crippen LogP contribution in [0.5, 0.6) is 5.75 Å². The summed E-state index contributed by atoms with van der Waals surface area (Å²) in [6, 6.07) is 5.70. The van der Waals surface area contributed by atoms with Crippen LogP contribution in [0.25, 0.3) is 0 Å². The van der Waals surface area contributed by atoms with Gasteiger partial charge < -0.3 is 15.2 Å². The van der Waals surface area contributed by atoms with E-state index in [0.717, 1.165) is 31.4 Å². The molecule has 2 rings (SSSR count). The predicted octanol–water partition coefficient (Wildman–Crippen LogP) is 2.03. The van der Waals surface area contributed by atoms with E-state index < -0.39 is 0 Å². The number of methoxy groups -OCH3 is 1. The Bertz CT molecular complexity index is 519. The van der Waals surface area contributed by atoms with Crippen LogP contribution >= 0.6 is 0 Å². The molecule has 122 valence electrons. The van der Waals surface area contributed by atoms with Crippen molar-refractivity contribution in [3.8, 4) is 5.75 Å². The SMILES string of the molecule is COc1ccc(C)cc1NC(=O)CN(C)CC1CCCC1O. The number of aliphatic hydroxyl groups excluding tert-OH is 1. The van der Waals surface area contributed by atoms with Gasteiger partial charge in [0.2, 0.25) is 5.91 Å². The molecule has 0 bridgehead atoms. The summed E-state index contributed by atoms with van der Waals surface area (Å²) in [5.74, 6) is 0.873. The van der Waals surface area contributed by atoms with E-state index in [1.54, 1.807) is 7.11 Å². The van der Waals surface area contributed by atoms with Gasteiger partial charge in [-0.15, -0.1) is 0 Å². The molecular weight excluding hydrogens is 280 g/mol. The van der Waals surface area contributed by atoms with Crippen molar-refractivity contribution in [2.45, 2.75) is 32.3 Å². The minimum absolute atomic E-state index is 0.0705. The summed E-state index contributed by atoms with van der Waals surface area (Å²) in [4.78, 5) is 14.2. The second kappa shape index (κ2) is 7.61. The van der Waals surface area contributed by atoms with Gasteiger partial charge in [-0.2, -0.15) is 0 Å². The summed E-state index contributed by atoms with van der Waals surface area (Å²) in [6.07, 6.45) is 2.78. The summed E-state index contributed by atoms with van der Waals surface area (Å²) in [7, 11) is 3.51. The lowest BCUT2D eigenvalue weighted by atomic mass is 10.1. The topological polar surface area (TPSA) is 61.8 Å². The molecule has 22 heavy (non-hydrogen) atoms. The third-order valence-corrected chi connectivity index (χ3v) is 4.21. The van der Waals surface area contributed by atoms with E-state index in [2.05, 4.69) is 5.32 Å². The van der Waals surface area contributed by atoms with Gasteiger partial charge in [0.1, 0.15) is 5.75 Å². The quantitative estimate of drug-likeness (QED) is 0.844. The fourth-order valence-corrected chi connectivity index (χ4v) is 3.05. The first-order valence-corrected chi connectivity index (χ1v) is 7.80. The molecule has 0 radical (unpaired) electrons. The van der Waals surface area contributed by atoms with Crippen LogP contribution in [-0.2, 0) is 4.79 Å². The number of hydrogen-bond acceptors (Lipinski definition) is 4. The van der Waals surface area contributed by atoms with Crippen LogP contribution in [0.2, 0.25) is 0 Å². The molecule has 1 aliphatic rings. The van der Waals surface area contributed by atoms with Crippen molar-refractivity contribution >= 4 is 11.6 Å². The molecule has 5 heteroatoms. The zero-order valence-electron chi connectivity index (χ0n) is 13.6. The number of carbonyl (C=O) groups is 1. The van der Waals surface area contributed by atoms with Crippen LogP contribution in [0.15, 0.2) is 18.2 Å². The molecule has 1 aromatic rings. The predicted molar refractivity (Wildman–Crippen MR) is 87.2 cm³/mol. The zero-order valence-corrected chi connectivity index (χ0v) is 13.6.